The first-order chi connectivity index (χ1) is 7.69. The van der Waals surface area contributed by atoms with Crippen molar-refractivity contribution in [2.24, 2.45) is 0 Å². The van der Waals surface area contributed by atoms with Crippen LogP contribution >= 0.6 is 15.9 Å². The van der Waals surface area contributed by atoms with Crippen molar-refractivity contribution in [3.05, 3.63) is 22.3 Å². The third-order valence-electron chi connectivity index (χ3n) is 2.27. The van der Waals surface area contributed by atoms with Gasteiger partial charge in [0.25, 0.3) is 0 Å². The van der Waals surface area contributed by atoms with Gasteiger partial charge >= 0.3 is 0 Å². The molecule has 1 heterocycles. The van der Waals surface area contributed by atoms with Gasteiger partial charge in [0.05, 0.1) is 18.9 Å². The molecule has 0 unspecified atom stereocenters. The fourth-order valence-electron chi connectivity index (χ4n) is 1.37. The van der Waals surface area contributed by atoms with Gasteiger partial charge in [-0.25, -0.2) is 4.98 Å². The Balaban J connectivity index is 2.78. The van der Waals surface area contributed by atoms with Gasteiger partial charge in [0, 0.05) is 24.7 Å². The summed E-state index contributed by atoms with van der Waals surface area (Å²) in [7, 11) is 1.66. The molecule has 16 heavy (non-hydrogen) atoms. The summed E-state index contributed by atoms with van der Waals surface area (Å²) < 4.78 is 6.03. The predicted octanol–water partition coefficient (Wildman–Crippen LogP) is 1.60. The van der Waals surface area contributed by atoms with Crippen LogP contribution in [0, 0.1) is 6.92 Å². The van der Waals surface area contributed by atoms with Crippen molar-refractivity contribution in [3.8, 4) is 0 Å². The van der Waals surface area contributed by atoms with E-state index in [2.05, 4.69) is 20.9 Å². The lowest BCUT2D eigenvalue weighted by atomic mass is 10.3. The number of aliphatic hydroxyl groups excluding tert-OH is 1. The summed E-state index contributed by atoms with van der Waals surface area (Å²) >= 11 is 3.42. The van der Waals surface area contributed by atoms with Crippen LogP contribution in [0.4, 0.5) is 5.82 Å². The summed E-state index contributed by atoms with van der Waals surface area (Å²) in [5.41, 5.74) is 0.942. The van der Waals surface area contributed by atoms with E-state index in [1.807, 2.05) is 24.0 Å². The molecule has 1 aromatic rings. The second-order valence-corrected chi connectivity index (χ2v) is 4.29. The molecule has 4 nitrogen and oxygen atoms in total. The highest BCUT2D eigenvalue weighted by atomic mass is 79.9. The number of hydrogen-bond acceptors (Lipinski definition) is 4. The first-order valence-electron chi connectivity index (χ1n) is 5.17. The van der Waals surface area contributed by atoms with Gasteiger partial charge in [-0.1, -0.05) is 0 Å². The van der Waals surface area contributed by atoms with Crippen molar-refractivity contribution in [1.29, 1.82) is 0 Å². The van der Waals surface area contributed by atoms with Gasteiger partial charge in [-0.2, -0.15) is 0 Å². The Kier molecular flexibility index (Phi) is 5.73. The standard InChI is InChI=1S/C11H17BrN2O2/c1-9-10(12)3-4-11(13-9)14(5-7-15)6-8-16-2/h3-4,15H,5-8H2,1-2H3. The number of rotatable bonds is 6. The number of nitrogens with zero attached hydrogens (tertiary/aromatic N) is 2. The maximum atomic E-state index is 9.00. The second kappa shape index (κ2) is 6.83. The minimum atomic E-state index is 0.112. The molecule has 1 rings (SSSR count). The lowest BCUT2D eigenvalue weighted by molar-refractivity contribution is 0.202. The minimum Gasteiger partial charge on any atom is -0.395 e. The Labute approximate surface area is 104 Å². The normalized spacial score (nSPS) is 10.5. The number of methoxy groups -OCH3 is 1. The second-order valence-electron chi connectivity index (χ2n) is 3.44. The molecule has 0 saturated carbocycles. The van der Waals surface area contributed by atoms with Crippen molar-refractivity contribution in [3.63, 3.8) is 0 Å². The molecule has 0 aliphatic rings. The SMILES string of the molecule is COCCN(CCO)c1ccc(Br)c(C)n1. The first-order valence-corrected chi connectivity index (χ1v) is 5.96. The lowest BCUT2D eigenvalue weighted by Crippen LogP contribution is -2.31. The highest BCUT2D eigenvalue weighted by Gasteiger charge is 2.08. The largest absolute Gasteiger partial charge is 0.395 e. The van der Waals surface area contributed by atoms with E-state index in [4.69, 9.17) is 9.84 Å². The Bertz CT molecular complexity index is 334. The third kappa shape index (κ3) is 3.73. The number of aryl methyl sites for hydroxylation is 1. The van der Waals surface area contributed by atoms with Crippen LogP contribution in [-0.4, -0.2) is 43.5 Å². The van der Waals surface area contributed by atoms with E-state index in [0.29, 0.717) is 13.2 Å². The summed E-state index contributed by atoms with van der Waals surface area (Å²) in [4.78, 5) is 6.46. The molecule has 0 spiro atoms. The number of halogens is 1. The zero-order chi connectivity index (χ0) is 12.0. The van der Waals surface area contributed by atoms with Gasteiger partial charge in [-0.15, -0.1) is 0 Å². The quantitative estimate of drug-likeness (QED) is 0.864. The van der Waals surface area contributed by atoms with E-state index in [1.165, 1.54) is 0 Å². The van der Waals surface area contributed by atoms with E-state index in [1.54, 1.807) is 7.11 Å². The number of anilines is 1. The van der Waals surface area contributed by atoms with Crippen LogP contribution in [-0.2, 0) is 4.74 Å². The van der Waals surface area contributed by atoms with Crippen molar-refractivity contribution >= 4 is 21.7 Å². The molecule has 0 atom stereocenters. The zero-order valence-corrected chi connectivity index (χ0v) is 11.2. The monoisotopic (exact) mass is 288 g/mol. The van der Waals surface area contributed by atoms with E-state index in [0.717, 1.165) is 22.5 Å². The fraction of sp³-hybridized carbons (Fsp3) is 0.545. The number of aliphatic hydroxyl groups is 1. The van der Waals surface area contributed by atoms with Gasteiger partial charge in [-0.3, -0.25) is 0 Å². The van der Waals surface area contributed by atoms with Crippen molar-refractivity contribution < 1.29 is 9.84 Å². The Morgan fingerprint density at radius 1 is 1.44 bits per heavy atom. The molecule has 0 aliphatic heterocycles. The van der Waals surface area contributed by atoms with Gasteiger partial charge in [-0.05, 0) is 35.0 Å². The van der Waals surface area contributed by atoms with Gasteiger partial charge in [0.2, 0.25) is 0 Å². The molecule has 0 aromatic carbocycles. The van der Waals surface area contributed by atoms with E-state index >= 15 is 0 Å². The van der Waals surface area contributed by atoms with Crippen molar-refractivity contribution in [2.75, 3.05) is 38.3 Å². The number of hydrogen-bond donors (Lipinski definition) is 1. The Hall–Kier alpha value is -0.650. The summed E-state index contributed by atoms with van der Waals surface area (Å²) in [5, 5.41) is 9.00. The van der Waals surface area contributed by atoms with Crippen molar-refractivity contribution in [2.45, 2.75) is 6.92 Å². The minimum absolute atomic E-state index is 0.112. The fourth-order valence-corrected chi connectivity index (χ4v) is 1.59. The highest BCUT2D eigenvalue weighted by molar-refractivity contribution is 9.10. The number of ether oxygens (including phenoxy) is 1. The third-order valence-corrected chi connectivity index (χ3v) is 3.10. The summed E-state index contributed by atoms with van der Waals surface area (Å²) in [6.45, 7) is 3.97. The molecule has 0 radical (unpaired) electrons. The molecule has 5 heteroatoms. The Morgan fingerprint density at radius 3 is 2.75 bits per heavy atom. The Morgan fingerprint density at radius 2 is 2.19 bits per heavy atom. The van der Waals surface area contributed by atoms with Crippen LogP contribution in [0.5, 0.6) is 0 Å². The van der Waals surface area contributed by atoms with Gasteiger partial charge in [0.1, 0.15) is 5.82 Å². The van der Waals surface area contributed by atoms with Gasteiger partial charge in [0.15, 0.2) is 0 Å². The molecule has 0 aliphatic carbocycles. The smallest absolute Gasteiger partial charge is 0.129 e. The maximum absolute atomic E-state index is 9.00. The molecule has 0 amide bonds. The molecule has 0 fully saturated rings. The molecule has 0 bridgehead atoms. The first kappa shape index (κ1) is 13.4. The molecule has 1 N–H and O–H groups in total. The number of aromatic nitrogens is 1. The number of pyridine rings is 1. The molecular weight excluding hydrogens is 272 g/mol. The van der Waals surface area contributed by atoms with E-state index in [-0.39, 0.29) is 6.61 Å². The lowest BCUT2D eigenvalue weighted by Gasteiger charge is -2.22. The highest BCUT2D eigenvalue weighted by Crippen LogP contribution is 2.18. The average molecular weight is 289 g/mol. The van der Waals surface area contributed by atoms with Crippen LogP contribution in [0.1, 0.15) is 5.69 Å². The molecule has 0 saturated heterocycles. The topological polar surface area (TPSA) is 45.6 Å². The molecular formula is C11H17BrN2O2. The van der Waals surface area contributed by atoms with Crippen LogP contribution in [0.25, 0.3) is 0 Å². The molecule has 1 aromatic heterocycles. The average Bonchev–Trinajstić information content (AvgIpc) is 2.28. The van der Waals surface area contributed by atoms with Crippen LogP contribution < -0.4 is 4.90 Å². The van der Waals surface area contributed by atoms with Gasteiger partial charge < -0.3 is 14.7 Å². The van der Waals surface area contributed by atoms with Crippen molar-refractivity contribution in [1.82, 2.24) is 4.98 Å². The predicted molar refractivity (Wildman–Crippen MR) is 67.8 cm³/mol. The van der Waals surface area contributed by atoms with Crippen LogP contribution in [0.15, 0.2) is 16.6 Å². The van der Waals surface area contributed by atoms with E-state index in [9.17, 15) is 0 Å². The van der Waals surface area contributed by atoms with E-state index < -0.39 is 0 Å². The summed E-state index contributed by atoms with van der Waals surface area (Å²) in [5.74, 6) is 0.867. The van der Waals surface area contributed by atoms with Crippen LogP contribution in [0.2, 0.25) is 0 Å². The molecule has 90 valence electrons. The van der Waals surface area contributed by atoms with Crippen LogP contribution in [0.3, 0.4) is 0 Å². The summed E-state index contributed by atoms with van der Waals surface area (Å²) in [6, 6.07) is 3.90. The maximum Gasteiger partial charge on any atom is 0.129 e. The summed E-state index contributed by atoms with van der Waals surface area (Å²) in [6.07, 6.45) is 0. The zero-order valence-electron chi connectivity index (χ0n) is 9.61.